The first-order chi connectivity index (χ1) is 7.61. The van der Waals surface area contributed by atoms with E-state index in [9.17, 15) is 9.90 Å². The zero-order valence-corrected chi connectivity index (χ0v) is 9.84. The molecule has 1 aromatic carbocycles. The molecule has 0 aliphatic carbocycles. The van der Waals surface area contributed by atoms with E-state index in [4.69, 9.17) is 11.6 Å². The van der Waals surface area contributed by atoms with E-state index in [1.54, 1.807) is 12.1 Å². The highest BCUT2D eigenvalue weighted by molar-refractivity contribution is 6.31. The monoisotopic (exact) mass is 239 g/mol. The van der Waals surface area contributed by atoms with Crippen molar-refractivity contribution in [2.75, 3.05) is 5.32 Å². The number of rotatable bonds is 3. The minimum atomic E-state index is -0.559. The number of amides is 1. The van der Waals surface area contributed by atoms with Crippen LogP contribution in [-0.4, -0.2) is 11.0 Å². The molecule has 0 saturated heterocycles. The van der Waals surface area contributed by atoms with Gasteiger partial charge in [0.1, 0.15) is 0 Å². The maximum Gasteiger partial charge on any atom is 0.228 e. The SMILES string of the molecule is CCCC(O)c1cc(Cl)cc2c1NC(=O)C2. The van der Waals surface area contributed by atoms with Crippen molar-refractivity contribution < 1.29 is 9.90 Å². The molecule has 1 aromatic rings. The molecular formula is C12H14ClNO2. The van der Waals surface area contributed by atoms with Gasteiger partial charge in [0.05, 0.1) is 18.2 Å². The highest BCUT2D eigenvalue weighted by Crippen LogP contribution is 2.35. The van der Waals surface area contributed by atoms with E-state index >= 15 is 0 Å². The average molecular weight is 240 g/mol. The lowest BCUT2D eigenvalue weighted by molar-refractivity contribution is -0.115. The van der Waals surface area contributed by atoms with Crippen LogP contribution in [0.1, 0.15) is 37.0 Å². The second-order valence-corrected chi connectivity index (χ2v) is 4.50. The van der Waals surface area contributed by atoms with Gasteiger partial charge in [-0.15, -0.1) is 0 Å². The van der Waals surface area contributed by atoms with Crippen LogP contribution in [0.25, 0.3) is 0 Å². The third kappa shape index (κ3) is 2.06. The second-order valence-electron chi connectivity index (χ2n) is 4.06. The quantitative estimate of drug-likeness (QED) is 0.852. The number of carbonyl (C=O) groups is 1. The van der Waals surface area contributed by atoms with E-state index in [2.05, 4.69) is 5.32 Å². The van der Waals surface area contributed by atoms with Gasteiger partial charge in [0, 0.05) is 10.6 Å². The van der Waals surface area contributed by atoms with Crippen LogP contribution in [0, 0.1) is 0 Å². The van der Waals surface area contributed by atoms with Gasteiger partial charge in [-0.05, 0) is 24.1 Å². The maximum absolute atomic E-state index is 11.3. The van der Waals surface area contributed by atoms with Crippen LogP contribution in [0.5, 0.6) is 0 Å². The van der Waals surface area contributed by atoms with Crippen molar-refractivity contribution in [1.29, 1.82) is 0 Å². The molecule has 2 rings (SSSR count). The van der Waals surface area contributed by atoms with Gasteiger partial charge in [-0.25, -0.2) is 0 Å². The predicted molar refractivity (Wildman–Crippen MR) is 63.7 cm³/mol. The van der Waals surface area contributed by atoms with Gasteiger partial charge in [0.2, 0.25) is 5.91 Å². The number of nitrogens with one attached hydrogen (secondary N) is 1. The summed E-state index contributed by atoms with van der Waals surface area (Å²) in [6, 6.07) is 3.50. The normalized spacial score (nSPS) is 15.8. The Hall–Kier alpha value is -1.06. The molecule has 2 N–H and O–H groups in total. The maximum atomic E-state index is 11.3. The van der Waals surface area contributed by atoms with E-state index in [0.717, 1.165) is 23.2 Å². The van der Waals surface area contributed by atoms with Crippen molar-refractivity contribution in [3.8, 4) is 0 Å². The topological polar surface area (TPSA) is 49.3 Å². The summed E-state index contributed by atoms with van der Waals surface area (Å²) in [6.07, 6.45) is 1.34. The Bertz CT molecular complexity index is 431. The Kier molecular flexibility index (Phi) is 3.17. The Morgan fingerprint density at radius 3 is 3.00 bits per heavy atom. The van der Waals surface area contributed by atoms with E-state index in [-0.39, 0.29) is 5.91 Å². The summed E-state index contributed by atoms with van der Waals surface area (Å²) in [6.45, 7) is 2.01. The molecule has 4 heteroatoms. The molecule has 0 bridgehead atoms. The molecule has 0 radical (unpaired) electrons. The number of halogens is 1. The van der Waals surface area contributed by atoms with Gasteiger partial charge in [-0.2, -0.15) is 0 Å². The molecule has 1 unspecified atom stereocenters. The molecule has 1 amide bonds. The van der Waals surface area contributed by atoms with E-state index in [0.29, 0.717) is 17.9 Å². The number of anilines is 1. The smallest absolute Gasteiger partial charge is 0.228 e. The molecule has 0 saturated carbocycles. The third-order valence-electron chi connectivity index (χ3n) is 2.75. The minimum Gasteiger partial charge on any atom is -0.388 e. The summed E-state index contributed by atoms with van der Waals surface area (Å²) in [5.41, 5.74) is 2.35. The van der Waals surface area contributed by atoms with E-state index < -0.39 is 6.10 Å². The number of hydrogen-bond donors (Lipinski definition) is 2. The molecule has 0 aromatic heterocycles. The van der Waals surface area contributed by atoms with Crippen LogP contribution < -0.4 is 5.32 Å². The summed E-state index contributed by atoms with van der Waals surface area (Å²) in [7, 11) is 0. The molecular weight excluding hydrogens is 226 g/mol. The van der Waals surface area contributed by atoms with Gasteiger partial charge < -0.3 is 10.4 Å². The molecule has 1 atom stereocenters. The molecule has 1 aliphatic rings. The van der Waals surface area contributed by atoms with Crippen molar-refractivity contribution in [1.82, 2.24) is 0 Å². The summed E-state index contributed by atoms with van der Waals surface area (Å²) in [5, 5.41) is 13.3. The summed E-state index contributed by atoms with van der Waals surface area (Å²) in [5.74, 6) is -0.0396. The number of fused-ring (bicyclic) bond motifs is 1. The first kappa shape index (κ1) is 11.4. The van der Waals surface area contributed by atoms with Crippen molar-refractivity contribution in [2.24, 2.45) is 0 Å². The lowest BCUT2D eigenvalue weighted by Crippen LogP contribution is -2.06. The fourth-order valence-corrected chi connectivity index (χ4v) is 2.28. The Morgan fingerprint density at radius 2 is 2.31 bits per heavy atom. The predicted octanol–water partition coefficient (Wildman–Crippen LogP) is 2.67. The highest BCUT2D eigenvalue weighted by Gasteiger charge is 2.24. The van der Waals surface area contributed by atoms with Gasteiger partial charge in [-0.3, -0.25) is 4.79 Å². The van der Waals surface area contributed by atoms with Crippen molar-refractivity contribution >= 4 is 23.2 Å². The standard InChI is InChI=1S/C12H14ClNO2/c1-2-3-10(15)9-6-8(13)4-7-5-11(16)14-12(7)9/h4,6,10,15H,2-3,5H2,1H3,(H,14,16). The number of benzene rings is 1. The van der Waals surface area contributed by atoms with Crippen LogP contribution in [0.15, 0.2) is 12.1 Å². The number of carbonyl (C=O) groups excluding carboxylic acids is 1. The summed E-state index contributed by atoms with van der Waals surface area (Å²) < 4.78 is 0. The number of hydrogen-bond acceptors (Lipinski definition) is 2. The highest BCUT2D eigenvalue weighted by atomic mass is 35.5. The van der Waals surface area contributed by atoms with Crippen LogP contribution in [0.3, 0.4) is 0 Å². The van der Waals surface area contributed by atoms with E-state index in [1.165, 1.54) is 0 Å². The first-order valence-corrected chi connectivity index (χ1v) is 5.80. The Balaban J connectivity index is 2.42. The molecule has 0 spiro atoms. The zero-order chi connectivity index (χ0) is 11.7. The number of aliphatic hydroxyl groups is 1. The molecule has 3 nitrogen and oxygen atoms in total. The minimum absolute atomic E-state index is 0.0396. The van der Waals surface area contributed by atoms with Crippen LogP contribution in [0.2, 0.25) is 5.02 Å². The molecule has 0 fully saturated rings. The third-order valence-corrected chi connectivity index (χ3v) is 2.97. The largest absolute Gasteiger partial charge is 0.388 e. The van der Waals surface area contributed by atoms with Crippen LogP contribution in [0.4, 0.5) is 5.69 Å². The van der Waals surface area contributed by atoms with Crippen LogP contribution >= 0.6 is 11.6 Å². The van der Waals surface area contributed by atoms with Gasteiger partial charge in [0.15, 0.2) is 0 Å². The van der Waals surface area contributed by atoms with Gasteiger partial charge in [-0.1, -0.05) is 24.9 Å². The first-order valence-electron chi connectivity index (χ1n) is 5.42. The zero-order valence-electron chi connectivity index (χ0n) is 9.09. The van der Waals surface area contributed by atoms with Gasteiger partial charge >= 0.3 is 0 Å². The van der Waals surface area contributed by atoms with Crippen molar-refractivity contribution in [3.63, 3.8) is 0 Å². The second kappa shape index (κ2) is 4.44. The van der Waals surface area contributed by atoms with Crippen LogP contribution in [-0.2, 0) is 11.2 Å². The molecule has 86 valence electrons. The fourth-order valence-electron chi connectivity index (χ4n) is 2.03. The van der Waals surface area contributed by atoms with Crippen molar-refractivity contribution in [2.45, 2.75) is 32.3 Å². The summed E-state index contributed by atoms with van der Waals surface area (Å²) in [4.78, 5) is 11.3. The Morgan fingerprint density at radius 1 is 1.56 bits per heavy atom. The molecule has 1 aliphatic heterocycles. The number of aliphatic hydroxyl groups excluding tert-OH is 1. The van der Waals surface area contributed by atoms with E-state index in [1.807, 2.05) is 6.92 Å². The lowest BCUT2D eigenvalue weighted by atomic mass is 10.0. The fraction of sp³-hybridized carbons (Fsp3) is 0.417. The van der Waals surface area contributed by atoms with Crippen molar-refractivity contribution in [3.05, 3.63) is 28.3 Å². The van der Waals surface area contributed by atoms with Gasteiger partial charge in [0.25, 0.3) is 0 Å². The molecule has 1 heterocycles. The Labute approximate surface area is 99.4 Å². The summed E-state index contributed by atoms with van der Waals surface area (Å²) >= 11 is 5.97. The lowest BCUT2D eigenvalue weighted by Gasteiger charge is -2.14. The average Bonchev–Trinajstić information content (AvgIpc) is 2.57. The molecule has 16 heavy (non-hydrogen) atoms.